The minimum Gasteiger partial charge on any atom is -0.370 e. The fraction of sp³-hybridized carbons (Fsp3) is 0.389. The number of rotatable bonds is 3. The van der Waals surface area contributed by atoms with Gasteiger partial charge in [-0.2, -0.15) is 9.78 Å². The van der Waals surface area contributed by atoms with Gasteiger partial charge in [-0.05, 0) is 31.0 Å². The molecule has 1 amide bonds. The molecule has 1 aliphatic rings. The first-order valence-corrected chi connectivity index (χ1v) is 9.62. The topological polar surface area (TPSA) is 58.4 Å². The van der Waals surface area contributed by atoms with E-state index in [1.807, 2.05) is 6.07 Å². The smallest absolute Gasteiger partial charge is 0.291 e. The Morgan fingerprint density at radius 2 is 1.96 bits per heavy atom. The highest BCUT2D eigenvalue weighted by Gasteiger charge is 2.28. The lowest BCUT2D eigenvalue weighted by Gasteiger charge is -2.35. The predicted molar refractivity (Wildman–Crippen MR) is 108 cm³/mol. The van der Waals surface area contributed by atoms with E-state index >= 15 is 0 Å². The van der Waals surface area contributed by atoms with Crippen LogP contribution >= 0.6 is 34.8 Å². The van der Waals surface area contributed by atoms with Crippen molar-refractivity contribution in [2.24, 2.45) is 5.92 Å². The highest BCUT2D eigenvalue weighted by atomic mass is 35.5. The molecule has 0 saturated carbocycles. The summed E-state index contributed by atoms with van der Waals surface area (Å²) in [5.41, 5.74) is 0.803. The number of carbonyl (C=O) groups excluding carboxylic acids is 1. The Balaban J connectivity index is 1.88. The maximum Gasteiger partial charge on any atom is 0.291 e. The molecular weight excluding hydrogens is 411 g/mol. The third kappa shape index (κ3) is 4.08. The zero-order chi connectivity index (χ0) is 19.7. The van der Waals surface area contributed by atoms with Gasteiger partial charge in [-0.15, -0.1) is 0 Å². The molecule has 1 unspecified atom stereocenters. The van der Waals surface area contributed by atoms with E-state index in [9.17, 15) is 9.59 Å². The molecule has 3 rings (SSSR count). The summed E-state index contributed by atoms with van der Waals surface area (Å²) < 4.78 is 1.15. The van der Waals surface area contributed by atoms with Crippen molar-refractivity contribution in [2.45, 2.75) is 12.8 Å². The number of hydrogen-bond acceptors (Lipinski definition) is 4. The lowest BCUT2D eigenvalue weighted by atomic mass is 9.96. The molecule has 0 bridgehead atoms. The number of halogens is 3. The van der Waals surface area contributed by atoms with E-state index in [0.29, 0.717) is 17.3 Å². The Morgan fingerprint density at radius 1 is 1.22 bits per heavy atom. The summed E-state index contributed by atoms with van der Waals surface area (Å²) in [7, 11) is 3.54. The quantitative estimate of drug-likeness (QED) is 0.749. The third-order valence-electron chi connectivity index (χ3n) is 4.60. The SMILES string of the molecule is CN(C)C(=O)C1CCCN(c2ccc(-n3ncc(Cl)c(Cl)c3=O)cc2Cl)C1. The number of nitrogens with zero attached hydrogens (tertiary/aromatic N) is 4. The Bertz CT molecular complexity index is 929. The first-order chi connectivity index (χ1) is 12.8. The van der Waals surface area contributed by atoms with Gasteiger partial charge < -0.3 is 9.80 Å². The number of piperidine rings is 1. The van der Waals surface area contributed by atoms with Crippen LogP contribution in [0, 0.1) is 5.92 Å². The molecule has 0 radical (unpaired) electrons. The van der Waals surface area contributed by atoms with E-state index in [0.717, 1.165) is 29.8 Å². The van der Waals surface area contributed by atoms with Crippen LogP contribution in [0.15, 0.2) is 29.2 Å². The second-order valence-electron chi connectivity index (χ2n) is 6.68. The van der Waals surface area contributed by atoms with Crippen LogP contribution in [0.3, 0.4) is 0 Å². The van der Waals surface area contributed by atoms with Crippen LogP contribution in [0.4, 0.5) is 5.69 Å². The van der Waals surface area contributed by atoms with E-state index in [2.05, 4.69) is 10.00 Å². The standard InChI is InChI=1S/C18H19Cl3N4O2/c1-23(2)17(26)11-4-3-7-24(10-11)15-6-5-12(8-13(15)19)25-18(27)16(21)14(20)9-22-25/h5-6,8-9,11H,3-4,7,10H2,1-2H3. The van der Waals surface area contributed by atoms with E-state index < -0.39 is 5.56 Å². The molecular formula is C18H19Cl3N4O2. The number of aromatic nitrogens is 2. The maximum absolute atomic E-state index is 12.3. The molecule has 1 atom stereocenters. The van der Waals surface area contributed by atoms with Gasteiger partial charge in [0, 0.05) is 27.2 Å². The fourth-order valence-electron chi connectivity index (χ4n) is 3.24. The molecule has 6 nitrogen and oxygen atoms in total. The molecule has 2 aromatic rings. The van der Waals surface area contributed by atoms with Gasteiger partial charge in [0.1, 0.15) is 5.02 Å². The van der Waals surface area contributed by atoms with E-state index in [-0.39, 0.29) is 21.9 Å². The monoisotopic (exact) mass is 428 g/mol. The summed E-state index contributed by atoms with van der Waals surface area (Å²) in [5, 5.41) is 4.50. The average Bonchev–Trinajstić information content (AvgIpc) is 2.65. The van der Waals surface area contributed by atoms with Crippen LogP contribution in [-0.2, 0) is 4.79 Å². The number of benzene rings is 1. The van der Waals surface area contributed by atoms with Crippen molar-refractivity contribution in [3.05, 3.63) is 49.8 Å². The number of amides is 1. The Labute approximate surface area is 172 Å². The molecule has 27 heavy (non-hydrogen) atoms. The molecule has 1 saturated heterocycles. The van der Waals surface area contributed by atoms with Crippen molar-refractivity contribution < 1.29 is 4.79 Å². The van der Waals surface area contributed by atoms with Gasteiger partial charge in [0.2, 0.25) is 5.91 Å². The molecule has 1 aromatic heterocycles. The van der Waals surface area contributed by atoms with Crippen molar-refractivity contribution >= 4 is 46.4 Å². The second-order valence-corrected chi connectivity index (χ2v) is 7.87. The van der Waals surface area contributed by atoms with Crippen LogP contribution in [0.25, 0.3) is 5.69 Å². The van der Waals surface area contributed by atoms with Crippen LogP contribution in [0.1, 0.15) is 12.8 Å². The molecule has 0 N–H and O–H groups in total. The number of anilines is 1. The predicted octanol–water partition coefficient (Wildman–Crippen LogP) is 3.50. The molecule has 0 spiro atoms. The lowest BCUT2D eigenvalue weighted by Crippen LogP contribution is -2.42. The first-order valence-electron chi connectivity index (χ1n) is 8.49. The van der Waals surface area contributed by atoms with Crippen molar-refractivity contribution in [3.8, 4) is 5.69 Å². The molecule has 1 aliphatic heterocycles. The van der Waals surface area contributed by atoms with Gasteiger partial charge in [-0.25, -0.2) is 0 Å². The van der Waals surface area contributed by atoms with Crippen molar-refractivity contribution in [1.29, 1.82) is 0 Å². The molecule has 1 aromatic carbocycles. The summed E-state index contributed by atoms with van der Waals surface area (Å²) in [6.45, 7) is 1.43. The van der Waals surface area contributed by atoms with E-state index in [4.69, 9.17) is 34.8 Å². The second kappa shape index (κ2) is 8.09. The van der Waals surface area contributed by atoms with Gasteiger partial charge in [-0.1, -0.05) is 34.8 Å². The molecule has 0 aliphatic carbocycles. The number of hydrogen-bond donors (Lipinski definition) is 0. The van der Waals surface area contributed by atoms with Crippen molar-refractivity contribution in [1.82, 2.24) is 14.7 Å². The van der Waals surface area contributed by atoms with Gasteiger partial charge in [0.15, 0.2) is 0 Å². The molecule has 9 heteroatoms. The van der Waals surface area contributed by atoms with Crippen LogP contribution in [-0.4, -0.2) is 47.8 Å². The van der Waals surface area contributed by atoms with Crippen LogP contribution < -0.4 is 10.5 Å². The van der Waals surface area contributed by atoms with Gasteiger partial charge in [-0.3, -0.25) is 9.59 Å². The van der Waals surface area contributed by atoms with Gasteiger partial charge in [0.25, 0.3) is 5.56 Å². The zero-order valence-electron chi connectivity index (χ0n) is 15.0. The van der Waals surface area contributed by atoms with Crippen molar-refractivity contribution in [3.63, 3.8) is 0 Å². The summed E-state index contributed by atoms with van der Waals surface area (Å²) in [4.78, 5) is 28.3. The normalized spacial score (nSPS) is 17.1. The summed E-state index contributed by atoms with van der Waals surface area (Å²) in [6, 6.07) is 5.24. The molecule has 144 valence electrons. The van der Waals surface area contributed by atoms with Crippen molar-refractivity contribution in [2.75, 3.05) is 32.1 Å². The maximum atomic E-state index is 12.3. The minimum absolute atomic E-state index is 0.0520. The van der Waals surface area contributed by atoms with Crippen LogP contribution in [0.5, 0.6) is 0 Å². The van der Waals surface area contributed by atoms with Gasteiger partial charge >= 0.3 is 0 Å². The average molecular weight is 430 g/mol. The summed E-state index contributed by atoms with van der Waals surface area (Å²) in [6.07, 6.45) is 3.09. The third-order valence-corrected chi connectivity index (χ3v) is 5.66. The fourth-order valence-corrected chi connectivity index (χ4v) is 3.79. The van der Waals surface area contributed by atoms with E-state index in [1.54, 1.807) is 31.1 Å². The Hall–Kier alpha value is -1.76. The summed E-state index contributed by atoms with van der Waals surface area (Å²) >= 11 is 18.2. The summed E-state index contributed by atoms with van der Waals surface area (Å²) in [5.74, 6) is 0.0721. The molecule has 2 heterocycles. The molecule has 1 fully saturated rings. The largest absolute Gasteiger partial charge is 0.370 e. The minimum atomic E-state index is -0.511. The highest BCUT2D eigenvalue weighted by molar-refractivity contribution is 6.41. The van der Waals surface area contributed by atoms with E-state index in [1.165, 1.54) is 6.20 Å². The highest BCUT2D eigenvalue weighted by Crippen LogP contribution is 2.32. The zero-order valence-corrected chi connectivity index (χ0v) is 17.2. The first kappa shape index (κ1) is 20.0. The lowest BCUT2D eigenvalue weighted by molar-refractivity contribution is -0.133. The Morgan fingerprint density at radius 3 is 2.63 bits per heavy atom. The number of carbonyl (C=O) groups is 1. The Kier molecular flexibility index (Phi) is 5.99. The van der Waals surface area contributed by atoms with Gasteiger partial charge in [0.05, 0.1) is 33.5 Å². The van der Waals surface area contributed by atoms with Crippen LogP contribution in [0.2, 0.25) is 15.1 Å².